The summed E-state index contributed by atoms with van der Waals surface area (Å²) in [6.45, 7) is 0.948. The lowest BCUT2D eigenvalue weighted by atomic mass is 9.96. The van der Waals surface area contributed by atoms with E-state index in [1.807, 2.05) is 36.4 Å². The first-order valence-corrected chi connectivity index (χ1v) is 9.10. The molecule has 2 aromatic carbocycles. The number of carbonyl (C=O) groups is 1. The van der Waals surface area contributed by atoms with E-state index < -0.39 is 0 Å². The minimum absolute atomic E-state index is 0.145. The van der Waals surface area contributed by atoms with Gasteiger partial charge in [0.1, 0.15) is 5.69 Å². The van der Waals surface area contributed by atoms with Gasteiger partial charge in [-0.15, -0.1) is 0 Å². The highest BCUT2D eigenvalue weighted by molar-refractivity contribution is 5.92. The fourth-order valence-corrected chi connectivity index (χ4v) is 3.36. The average molecular weight is 379 g/mol. The van der Waals surface area contributed by atoms with Crippen molar-refractivity contribution < 1.29 is 14.3 Å². The Balaban J connectivity index is 1.41. The van der Waals surface area contributed by atoms with E-state index in [0.29, 0.717) is 18.8 Å². The van der Waals surface area contributed by atoms with Gasteiger partial charge in [-0.1, -0.05) is 30.3 Å². The van der Waals surface area contributed by atoms with Crippen molar-refractivity contribution in [2.75, 3.05) is 20.3 Å². The highest BCUT2D eigenvalue weighted by Gasteiger charge is 2.23. The van der Waals surface area contributed by atoms with Crippen LogP contribution >= 0.6 is 0 Å². The Morgan fingerprint density at radius 3 is 2.86 bits per heavy atom. The van der Waals surface area contributed by atoms with E-state index in [9.17, 15) is 9.59 Å². The van der Waals surface area contributed by atoms with Crippen molar-refractivity contribution in [3.8, 4) is 17.2 Å². The number of aromatic amines is 1. The molecule has 3 aromatic rings. The molecule has 4 rings (SSSR count). The first-order valence-electron chi connectivity index (χ1n) is 9.10. The number of nitrogens with zero attached hydrogens (tertiary/aromatic N) is 1. The van der Waals surface area contributed by atoms with Crippen molar-refractivity contribution in [3.63, 3.8) is 0 Å². The molecule has 7 nitrogen and oxygen atoms in total. The molecule has 0 unspecified atom stereocenters. The van der Waals surface area contributed by atoms with Crippen molar-refractivity contribution in [2.24, 2.45) is 5.92 Å². The summed E-state index contributed by atoms with van der Waals surface area (Å²) in [5.74, 6) is 1.33. The van der Waals surface area contributed by atoms with Gasteiger partial charge in [-0.05, 0) is 30.2 Å². The number of H-pyrrole nitrogens is 1. The topological polar surface area (TPSA) is 85.3 Å². The number of carbonyl (C=O) groups excluding carboxylic acids is 1. The molecule has 2 heterocycles. The zero-order valence-corrected chi connectivity index (χ0v) is 15.5. The molecular formula is C21H21N3O4. The Bertz CT molecular complexity index is 1040. The van der Waals surface area contributed by atoms with Gasteiger partial charge in [0.05, 0.1) is 19.4 Å². The van der Waals surface area contributed by atoms with Crippen LogP contribution in [0.1, 0.15) is 16.1 Å². The molecule has 7 heteroatoms. The van der Waals surface area contributed by atoms with E-state index in [4.69, 9.17) is 9.47 Å². The summed E-state index contributed by atoms with van der Waals surface area (Å²) in [6.07, 6.45) is 0.786. The number of fused-ring (bicyclic) bond motifs is 1. The Labute approximate surface area is 161 Å². The fourth-order valence-electron chi connectivity index (χ4n) is 3.36. The molecule has 0 fully saturated rings. The summed E-state index contributed by atoms with van der Waals surface area (Å²) < 4.78 is 12.5. The number of nitrogens with one attached hydrogen (secondary N) is 2. The monoisotopic (exact) mass is 379 g/mol. The van der Waals surface area contributed by atoms with Crippen LogP contribution in [0.5, 0.6) is 11.5 Å². The van der Waals surface area contributed by atoms with E-state index in [1.54, 1.807) is 19.2 Å². The number of rotatable bonds is 5. The molecule has 1 aromatic heterocycles. The lowest BCUT2D eigenvalue weighted by Gasteiger charge is -2.26. The van der Waals surface area contributed by atoms with Crippen molar-refractivity contribution in [2.45, 2.75) is 6.42 Å². The molecule has 0 radical (unpaired) electrons. The number of ether oxygens (including phenoxy) is 2. The number of methoxy groups -OCH3 is 1. The van der Waals surface area contributed by atoms with Crippen molar-refractivity contribution in [1.82, 2.24) is 15.1 Å². The van der Waals surface area contributed by atoms with Gasteiger partial charge >= 0.3 is 0 Å². The molecule has 0 aliphatic carbocycles. The standard InChI is InChI=1S/C21H21N3O4/c1-27-18-9-5-6-15-10-14(13-28-20(15)18)12-22-21(26)17-11-19(25)24(23-17)16-7-3-2-4-8-16/h2-9,11,14,23H,10,12-13H2,1H3,(H,22,26)/t14-/m1/s1. The molecule has 0 saturated carbocycles. The second-order valence-corrected chi connectivity index (χ2v) is 6.72. The van der Waals surface area contributed by atoms with E-state index >= 15 is 0 Å². The average Bonchev–Trinajstić information content (AvgIpc) is 3.13. The van der Waals surface area contributed by atoms with E-state index in [0.717, 1.165) is 23.5 Å². The van der Waals surface area contributed by atoms with Crippen LogP contribution in [-0.2, 0) is 6.42 Å². The smallest absolute Gasteiger partial charge is 0.271 e. The molecule has 1 atom stereocenters. The second-order valence-electron chi connectivity index (χ2n) is 6.72. The molecule has 28 heavy (non-hydrogen) atoms. The zero-order chi connectivity index (χ0) is 19.5. The molecule has 1 amide bonds. The molecule has 2 N–H and O–H groups in total. The maximum atomic E-state index is 12.5. The molecule has 1 aliphatic heterocycles. The lowest BCUT2D eigenvalue weighted by Crippen LogP contribution is -2.35. The summed E-state index contributed by atoms with van der Waals surface area (Å²) in [4.78, 5) is 24.6. The Hall–Kier alpha value is -3.48. The van der Waals surface area contributed by atoms with Crippen LogP contribution in [0.4, 0.5) is 0 Å². The van der Waals surface area contributed by atoms with Gasteiger partial charge in [0.15, 0.2) is 11.5 Å². The van der Waals surface area contributed by atoms with Gasteiger partial charge in [-0.2, -0.15) is 0 Å². The third-order valence-electron chi connectivity index (χ3n) is 4.78. The number of aromatic nitrogens is 2. The first-order chi connectivity index (χ1) is 13.7. The Kier molecular flexibility index (Phi) is 4.89. The van der Waals surface area contributed by atoms with E-state index in [-0.39, 0.29) is 23.1 Å². The number of hydrogen-bond donors (Lipinski definition) is 2. The predicted octanol–water partition coefficient (Wildman–Crippen LogP) is 2.16. The number of amides is 1. The van der Waals surface area contributed by atoms with Gasteiger partial charge in [0.25, 0.3) is 11.5 Å². The molecule has 0 spiro atoms. The SMILES string of the molecule is COc1cccc2c1OC[C@@H](CNC(=O)c1cc(=O)n(-c3ccccc3)[nH]1)C2. The van der Waals surface area contributed by atoms with Crippen molar-refractivity contribution >= 4 is 5.91 Å². The molecule has 0 bridgehead atoms. The third-order valence-corrected chi connectivity index (χ3v) is 4.78. The summed E-state index contributed by atoms with van der Waals surface area (Å²) >= 11 is 0. The minimum Gasteiger partial charge on any atom is -0.493 e. The second kappa shape index (κ2) is 7.64. The van der Waals surface area contributed by atoms with E-state index in [2.05, 4.69) is 10.4 Å². The summed E-state index contributed by atoms with van der Waals surface area (Å²) in [5.41, 5.74) is 1.69. The number of benzene rings is 2. The maximum absolute atomic E-state index is 12.5. The first kappa shape index (κ1) is 17.9. The van der Waals surface area contributed by atoms with Crippen molar-refractivity contribution in [3.05, 3.63) is 76.2 Å². The molecule has 1 aliphatic rings. The van der Waals surface area contributed by atoms with Gasteiger partial charge < -0.3 is 14.8 Å². The zero-order valence-electron chi connectivity index (χ0n) is 15.5. The highest BCUT2D eigenvalue weighted by Crippen LogP contribution is 2.35. The number of para-hydroxylation sites is 2. The van der Waals surface area contributed by atoms with Crippen LogP contribution in [0.15, 0.2) is 59.4 Å². The normalized spacial score (nSPS) is 15.4. The summed E-state index contributed by atoms with van der Waals surface area (Å²) in [5, 5.41) is 5.75. The largest absolute Gasteiger partial charge is 0.493 e. The van der Waals surface area contributed by atoms with Gasteiger partial charge in [0, 0.05) is 18.5 Å². The van der Waals surface area contributed by atoms with Crippen LogP contribution < -0.4 is 20.3 Å². The molecular weight excluding hydrogens is 358 g/mol. The highest BCUT2D eigenvalue weighted by atomic mass is 16.5. The molecule has 0 saturated heterocycles. The fraction of sp³-hybridized carbons (Fsp3) is 0.238. The van der Waals surface area contributed by atoms with Gasteiger partial charge in [-0.25, -0.2) is 4.68 Å². The molecule has 144 valence electrons. The Morgan fingerprint density at radius 1 is 1.25 bits per heavy atom. The van der Waals surface area contributed by atoms with Crippen LogP contribution in [-0.4, -0.2) is 35.9 Å². The quantitative estimate of drug-likeness (QED) is 0.711. The van der Waals surface area contributed by atoms with Crippen LogP contribution in [0.3, 0.4) is 0 Å². The number of hydrogen-bond acceptors (Lipinski definition) is 4. The van der Waals surface area contributed by atoms with Gasteiger partial charge in [-0.3, -0.25) is 14.7 Å². The maximum Gasteiger partial charge on any atom is 0.271 e. The van der Waals surface area contributed by atoms with E-state index in [1.165, 1.54) is 10.7 Å². The van der Waals surface area contributed by atoms with Crippen LogP contribution in [0.2, 0.25) is 0 Å². The summed E-state index contributed by atoms with van der Waals surface area (Å²) in [7, 11) is 1.62. The lowest BCUT2D eigenvalue weighted by molar-refractivity contribution is 0.0933. The van der Waals surface area contributed by atoms with Gasteiger partial charge in [0.2, 0.25) is 0 Å². The predicted molar refractivity (Wildman–Crippen MR) is 104 cm³/mol. The van der Waals surface area contributed by atoms with Crippen molar-refractivity contribution in [1.29, 1.82) is 0 Å². The van der Waals surface area contributed by atoms with Crippen LogP contribution in [0.25, 0.3) is 5.69 Å². The van der Waals surface area contributed by atoms with Crippen LogP contribution in [0, 0.1) is 5.92 Å². The summed E-state index contributed by atoms with van der Waals surface area (Å²) in [6, 6.07) is 16.2. The Morgan fingerprint density at radius 2 is 2.07 bits per heavy atom. The minimum atomic E-state index is -0.316. The third kappa shape index (κ3) is 3.51.